The summed E-state index contributed by atoms with van der Waals surface area (Å²) >= 11 is 0. The third-order valence-electron chi connectivity index (χ3n) is 1.89. The summed E-state index contributed by atoms with van der Waals surface area (Å²) in [6, 6.07) is -0.0931. The second kappa shape index (κ2) is 6.00. The number of amides is 1. The summed E-state index contributed by atoms with van der Waals surface area (Å²) in [5.74, 6) is -0.0292. The van der Waals surface area contributed by atoms with E-state index in [1.807, 2.05) is 13.8 Å². The molecule has 3 N–H and O–H groups in total. The molecule has 0 spiro atoms. The minimum atomic E-state index is -0.343. The van der Waals surface area contributed by atoms with Crippen molar-refractivity contribution in [3.63, 3.8) is 0 Å². The quantitative estimate of drug-likeness (QED) is 0.650. The van der Waals surface area contributed by atoms with E-state index in [1.54, 1.807) is 0 Å². The van der Waals surface area contributed by atoms with Crippen LogP contribution < -0.4 is 11.1 Å². The van der Waals surface area contributed by atoms with E-state index in [9.17, 15) is 4.79 Å². The Labute approximate surface area is 74.7 Å². The smallest absolute Gasteiger partial charge is 0.237 e. The van der Waals surface area contributed by atoms with Crippen molar-refractivity contribution >= 4 is 5.91 Å². The van der Waals surface area contributed by atoms with E-state index < -0.39 is 0 Å². The van der Waals surface area contributed by atoms with Crippen LogP contribution in [0.2, 0.25) is 0 Å². The maximum atomic E-state index is 11.2. The van der Waals surface area contributed by atoms with Gasteiger partial charge >= 0.3 is 0 Å². The molecule has 0 saturated heterocycles. The Morgan fingerprint density at radius 1 is 1.50 bits per heavy atom. The molecule has 0 rings (SSSR count). The highest BCUT2D eigenvalue weighted by Gasteiger charge is 2.12. The fourth-order valence-corrected chi connectivity index (χ4v) is 1.04. The van der Waals surface area contributed by atoms with E-state index in [1.165, 1.54) is 0 Å². The Morgan fingerprint density at radius 2 is 2.08 bits per heavy atom. The van der Waals surface area contributed by atoms with Crippen molar-refractivity contribution in [2.45, 2.75) is 52.1 Å². The lowest BCUT2D eigenvalue weighted by Gasteiger charge is -2.15. The number of carbonyl (C=O) groups is 1. The van der Waals surface area contributed by atoms with Crippen molar-refractivity contribution in [2.24, 2.45) is 5.73 Å². The van der Waals surface area contributed by atoms with Gasteiger partial charge in [0.05, 0.1) is 6.04 Å². The molecule has 3 heteroatoms. The van der Waals surface area contributed by atoms with Gasteiger partial charge in [0.25, 0.3) is 0 Å². The molecule has 0 aliphatic rings. The summed E-state index contributed by atoms with van der Waals surface area (Å²) in [6.45, 7) is 6.01. The number of hydrogen-bond acceptors (Lipinski definition) is 2. The monoisotopic (exact) mass is 172 g/mol. The van der Waals surface area contributed by atoms with Crippen LogP contribution in [0.1, 0.15) is 40.0 Å². The molecule has 72 valence electrons. The molecular weight excluding hydrogens is 152 g/mol. The van der Waals surface area contributed by atoms with Crippen LogP contribution in [0.5, 0.6) is 0 Å². The predicted octanol–water partition coefficient (Wildman–Crippen LogP) is 1.03. The SMILES string of the molecule is CCCC(C)NC(=O)C(N)CC. The molecule has 0 saturated carbocycles. The van der Waals surface area contributed by atoms with Crippen molar-refractivity contribution in [3.8, 4) is 0 Å². The van der Waals surface area contributed by atoms with Crippen molar-refractivity contribution < 1.29 is 4.79 Å². The van der Waals surface area contributed by atoms with Gasteiger partial charge in [-0.15, -0.1) is 0 Å². The summed E-state index contributed by atoms with van der Waals surface area (Å²) in [6.07, 6.45) is 2.80. The van der Waals surface area contributed by atoms with Gasteiger partial charge in [0.2, 0.25) is 5.91 Å². The number of hydrogen-bond donors (Lipinski definition) is 2. The van der Waals surface area contributed by atoms with Gasteiger partial charge in [-0.25, -0.2) is 0 Å². The minimum absolute atomic E-state index is 0.0292. The Hall–Kier alpha value is -0.570. The Morgan fingerprint density at radius 3 is 2.50 bits per heavy atom. The molecular formula is C9H20N2O. The Balaban J connectivity index is 3.67. The molecule has 1 amide bonds. The van der Waals surface area contributed by atoms with Gasteiger partial charge in [0.15, 0.2) is 0 Å². The van der Waals surface area contributed by atoms with Crippen molar-refractivity contribution in [3.05, 3.63) is 0 Å². The van der Waals surface area contributed by atoms with Gasteiger partial charge in [-0.1, -0.05) is 20.3 Å². The van der Waals surface area contributed by atoms with E-state index in [0.29, 0.717) is 6.42 Å². The maximum absolute atomic E-state index is 11.2. The molecule has 2 atom stereocenters. The third-order valence-corrected chi connectivity index (χ3v) is 1.89. The van der Waals surface area contributed by atoms with E-state index in [-0.39, 0.29) is 18.0 Å². The predicted molar refractivity (Wildman–Crippen MR) is 50.8 cm³/mol. The molecule has 3 nitrogen and oxygen atoms in total. The molecule has 0 bridgehead atoms. The lowest BCUT2D eigenvalue weighted by Crippen LogP contribution is -2.43. The molecule has 0 aromatic rings. The average molecular weight is 172 g/mol. The van der Waals surface area contributed by atoms with Gasteiger partial charge in [0, 0.05) is 6.04 Å². The first-order valence-corrected chi connectivity index (χ1v) is 4.67. The fourth-order valence-electron chi connectivity index (χ4n) is 1.04. The summed E-state index contributed by atoms with van der Waals surface area (Å²) < 4.78 is 0. The highest BCUT2D eigenvalue weighted by molar-refractivity contribution is 5.81. The first-order valence-electron chi connectivity index (χ1n) is 4.67. The van der Waals surface area contributed by atoms with E-state index in [2.05, 4.69) is 12.2 Å². The Kier molecular flexibility index (Phi) is 5.72. The molecule has 2 unspecified atom stereocenters. The van der Waals surface area contributed by atoms with Crippen LogP contribution in [0.4, 0.5) is 0 Å². The molecule has 0 fully saturated rings. The molecule has 0 radical (unpaired) electrons. The van der Waals surface area contributed by atoms with Crippen molar-refractivity contribution in [1.82, 2.24) is 5.32 Å². The van der Waals surface area contributed by atoms with Crippen LogP contribution >= 0.6 is 0 Å². The molecule has 0 aliphatic heterocycles. The number of nitrogens with two attached hydrogens (primary N) is 1. The highest BCUT2D eigenvalue weighted by Crippen LogP contribution is 1.95. The topological polar surface area (TPSA) is 55.1 Å². The van der Waals surface area contributed by atoms with Crippen LogP contribution in [0.25, 0.3) is 0 Å². The lowest BCUT2D eigenvalue weighted by atomic mass is 10.1. The zero-order chi connectivity index (χ0) is 9.56. The largest absolute Gasteiger partial charge is 0.352 e. The van der Waals surface area contributed by atoms with Crippen LogP contribution in [0.15, 0.2) is 0 Å². The molecule has 12 heavy (non-hydrogen) atoms. The lowest BCUT2D eigenvalue weighted by molar-refractivity contribution is -0.123. The first kappa shape index (κ1) is 11.4. The number of carbonyl (C=O) groups excluding carboxylic acids is 1. The highest BCUT2D eigenvalue weighted by atomic mass is 16.2. The summed E-state index contributed by atoms with van der Waals surface area (Å²) in [5.41, 5.74) is 5.55. The van der Waals surface area contributed by atoms with Crippen LogP contribution in [-0.4, -0.2) is 18.0 Å². The molecule has 0 aromatic carbocycles. The van der Waals surface area contributed by atoms with Gasteiger partial charge in [-0.05, 0) is 19.8 Å². The maximum Gasteiger partial charge on any atom is 0.237 e. The van der Waals surface area contributed by atoms with Crippen molar-refractivity contribution in [2.75, 3.05) is 0 Å². The average Bonchev–Trinajstić information content (AvgIpc) is 2.03. The molecule has 0 aromatic heterocycles. The number of nitrogens with one attached hydrogen (secondary N) is 1. The second-order valence-electron chi connectivity index (χ2n) is 3.21. The minimum Gasteiger partial charge on any atom is -0.352 e. The van der Waals surface area contributed by atoms with Crippen LogP contribution in [-0.2, 0) is 4.79 Å². The van der Waals surface area contributed by atoms with E-state index in [4.69, 9.17) is 5.73 Å². The van der Waals surface area contributed by atoms with E-state index in [0.717, 1.165) is 12.8 Å². The normalized spacial score (nSPS) is 15.3. The fraction of sp³-hybridized carbons (Fsp3) is 0.889. The summed E-state index contributed by atoms with van der Waals surface area (Å²) in [7, 11) is 0. The van der Waals surface area contributed by atoms with Gasteiger partial charge in [-0.3, -0.25) is 4.79 Å². The molecule has 0 heterocycles. The molecule has 0 aliphatic carbocycles. The third kappa shape index (κ3) is 4.34. The number of rotatable bonds is 5. The van der Waals surface area contributed by atoms with E-state index >= 15 is 0 Å². The summed E-state index contributed by atoms with van der Waals surface area (Å²) in [4.78, 5) is 11.2. The second-order valence-corrected chi connectivity index (χ2v) is 3.21. The van der Waals surface area contributed by atoms with Gasteiger partial charge in [0.1, 0.15) is 0 Å². The Bertz CT molecular complexity index is 136. The first-order chi connectivity index (χ1) is 5.61. The van der Waals surface area contributed by atoms with Crippen molar-refractivity contribution in [1.29, 1.82) is 0 Å². The zero-order valence-electron chi connectivity index (χ0n) is 8.26. The van der Waals surface area contributed by atoms with Crippen LogP contribution in [0, 0.1) is 0 Å². The van der Waals surface area contributed by atoms with Gasteiger partial charge in [-0.2, -0.15) is 0 Å². The zero-order valence-corrected chi connectivity index (χ0v) is 8.26. The van der Waals surface area contributed by atoms with Gasteiger partial charge < -0.3 is 11.1 Å². The van der Waals surface area contributed by atoms with Crippen LogP contribution in [0.3, 0.4) is 0 Å². The standard InChI is InChI=1S/C9H20N2O/c1-4-6-7(3)11-9(12)8(10)5-2/h7-8H,4-6,10H2,1-3H3,(H,11,12). The summed E-state index contributed by atoms with van der Waals surface area (Å²) in [5, 5.41) is 2.87.